The van der Waals surface area contributed by atoms with Crippen LogP contribution in [0.5, 0.6) is 5.75 Å². The van der Waals surface area contributed by atoms with Crippen LogP contribution >= 0.6 is 0 Å². The molecule has 1 amide bonds. The molecule has 6 nitrogen and oxygen atoms in total. The van der Waals surface area contributed by atoms with Crippen molar-refractivity contribution in [2.75, 3.05) is 13.7 Å². The number of aliphatic hydroxyl groups is 1. The highest BCUT2D eigenvalue weighted by molar-refractivity contribution is 5.78. The zero-order valence-corrected chi connectivity index (χ0v) is 12.8. The maximum atomic E-state index is 12.2. The van der Waals surface area contributed by atoms with E-state index < -0.39 is 0 Å². The minimum atomic E-state index is -0.257. The Bertz CT molecular complexity index is 527. The summed E-state index contributed by atoms with van der Waals surface area (Å²) in [6.07, 6.45) is 6.87. The third-order valence-electron chi connectivity index (χ3n) is 4.40. The molecule has 2 aliphatic rings. The lowest BCUT2D eigenvalue weighted by molar-refractivity contribution is -0.122. The molecule has 22 heavy (non-hydrogen) atoms. The fourth-order valence-corrected chi connectivity index (χ4v) is 2.84. The largest absolute Gasteiger partial charge is 0.495 e. The van der Waals surface area contributed by atoms with Crippen LogP contribution < -0.4 is 15.4 Å². The number of nitrogens with zero attached hydrogens (tertiary/aromatic N) is 1. The molecule has 2 aliphatic carbocycles. The lowest BCUT2D eigenvalue weighted by atomic mass is 9.75. The molecule has 2 fully saturated rings. The molecule has 0 saturated heterocycles. The highest BCUT2D eigenvalue weighted by Gasteiger charge is 2.36. The molecule has 0 aliphatic heterocycles. The van der Waals surface area contributed by atoms with Gasteiger partial charge in [-0.25, -0.2) is 0 Å². The standard InChI is InChI=1S/C16H23N3O3/c1-22-14-6-11(7-17-8-14)16(10-4-13(20)5-10)19-15(21)9-18-12-2-3-12/h6-8,10,12-13,16,18,20H,2-5,9H2,1H3,(H,19,21). The van der Waals surface area contributed by atoms with E-state index in [2.05, 4.69) is 15.6 Å². The van der Waals surface area contributed by atoms with Crippen molar-refractivity contribution in [2.45, 2.75) is 43.9 Å². The number of methoxy groups -OCH3 is 1. The molecule has 1 heterocycles. The number of rotatable bonds is 7. The van der Waals surface area contributed by atoms with E-state index in [1.165, 1.54) is 0 Å². The van der Waals surface area contributed by atoms with Crippen LogP contribution in [-0.4, -0.2) is 41.8 Å². The van der Waals surface area contributed by atoms with Crippen molar-refractivity contribution in [1.29, 1.82) is 0 Å². The van der Waals surface area contributed by atoms with Crippen LogP contribution in [0.3, 0.4) is 0 Å². The van der Waals surface area contributed by atoms with Gasteiger partial charge in [-0.15, -0.1) is 0 Å². The number of pyridine rings is 1. The summed E-state index contributed by atoms with van der Waals surface area (Å²) in [6.45, 7) is 0.341. The average molecular weight is 305 g/mol. The summed E-state index contributed by atoms with van der Waals surface area (Å²) in [4.78, 5) is 16.3. The second-order valence-electron chi connectivity index (χ2n) is 6.24. The predicted octanol–water partition coefficient (Wildman–Crippen LogP) is 0.770. The minimum Gasteiger partial charge on any atom is -0.495 e. The summed E-state index contributed by atoms with van der Waals surface area (Å²) in [7, 11) is 1.60. The molecule has 0 aromatic carbocycles. The number of carbonyl (C=O) groups excluding carboxylic acids is 1. The van der Waals surface area contributed by atoms with E-state index in [0.717, 1.165) is 18.4 Å². The van der Waals surface area contributed by atoms with E-state index in [-0.39, 0.29) is 24.0 Å². The second-order valence-corrected chi connectivity index (χ2v) is 6.24. The first-order chi connectivity index (χ1) is 10.7. The van der Waals surface area contributed by atoms with Gasteiger partial charge in [-0.05, 0) is 43.2 Å². The van der Waals surface area contributed by atoms with Crippen LogP contribution in [0.4, 0.5) is 0 Å². The molecular formula is C16H23N3O3. The summed E-state index contributed by atoms with van der Waals surface area (Å²) in [5.41, 5.74) is 0.927. The van der Waals surface area contributed by atoms with E-state index in [1.807, 2.05) is 6.07 Å². The lowest BCUT2D eigenvalue weighted by Gasteiger charge is -2.38. The lowest BCUT2D eigenvalue weighted by Crippen LogP contribution is -2.44. The summed E-state index contributed by atoms with van der Waals surface area (Å²) in [5, 5.41) is 15.9. The number of hydrogen-bond acceptors (Lipinski definition) is 5. The Morgan fingerprint density at radius 2 is 2.23 bits per heavy atom. The first-order valence-electron chi connectivity index (χ1n) is 7.85. The van der Waals surface area contributed by atoms with Gasteiger partial charge in [0.2, 0.25) is 5.91 Å². The molecule has 1 aromatic heterocycles. The van der Waals surface area contributed by atoms with Crippen LogP contribution in [0.1, 0.15) is 37.3 Å². The van der Waals surface area contributed by atoms with Gasteiger partial charge in [0, 0.05) is 12.2 Å². The van der Waals surface area contributed by atoms with Crippen molar-refractivity contribution in [1.82, 2.24) is 15.6 Å². The van der Waals surface area contributed by atoms with Gasteiger partial charge in [-0.2, -0.15) is 0 Å². The highest BCUT2D eigenvalue weighted by atomic mass is 16.5. The maximum absolute atomic E-state index is 12.2. The fraction of sp³-hybridized carbons (Fsp3) is 0.625. The Labute approximate surface area is 130 Å². The first-order valence-corrected chi connectivity index (χ1v) is 7.85. The van der Waals surface area contributed by atoms with Gasteiger partial charge >= 0.3 is 0 Å². The van der Waals surface area contributed by atoms with Gasteiger partial charge in [0.25, 0.3) is 0 Å². The van der Waals surface area contributed by atoms with Crippen LogP contribution in [0.2, 0.25) is 0 Å². The van der Waals surface area contributed by atoms with Crippen molar-refractivity contribution in [2.24, 2.45) is 5.92 Å². The van der Waals surface area contributed by atoms with Crippen molar-refractivity contribution < 1.29 is 14.6 Å². The average Bonchev–Trinajstić information content (AvgIpc) is 3.32. The van der Waals surface area contributed by atoms with Crippen LogP contribution in [-0.2, 0) is 4.79 Å². The Balaban J connectivity index is 1.66. The molecule has 2 saturated carbocycles. The summed E-state index contributed by atoms with van der Waals surface area (Å²) in [5.74, 6) is 0.905. The quantitative estimate of drug-likeness (QED) is 0.693. The van der Waals surface area contributed by atoms with Crippen molar-refractivity contribution >= 4 is 5.91 Å². The van der Waals surface area contributed by atoms with Gasteiger partial charge in [-0.1, -0.05) is 0 Å². The van der Waals surface area contributed by atoms with E-state index in [9.17, 15) is 9.90 Å². The van der Waals surface area contributed by atoms with E-state index >= 15 is 0 Å². The first kappa shape index (κ1) is 15.2. The van der Waals surface area contributed by atoms with Gasteiger partial charge in [0.05, 0.1) is 32.0 Å². The van der Waals surface area contributed by atoms with Crippen LogP contribution in [0.25, 0.3) is 0 Å². The summed E-state index contributed by atoms with van der Waals surface area (Å²) in [6, 6.07) is 2.28. The number of hydrogen-bond donors (Lipinski definition) is 3. The van der Waals surface area contributed by atoms with Crippen LogP contribution in [0, 0.1) is 5.92 Å². The Morgan fingerprint density at radius 3 is 2.86 bits per heavy atom. The maximum Gasteiger partial charge on any atom is 0.234 e. The summed E-state index contributed by atoms with van der Waals surface area (Å²) >= 11 is 0. The van der Waals surface area contributed by atoms with Gasteiger partial charge in [0.15, 0.2) is 0 Å². The zero-order chi connectivity index (χ0) is 15.5. The number of carbonyl (C=O) groups is 1. The van der Waals surface area contributed by atoms with E-state index in [0.29, 0.717) is 31.2 Å². The normalized spacial score (nSPS) is 25.2. The molecule has 120 valence electrons. The molecule has 1 atom stereocenters. The molecule has 0 radical (unpaired) electrons. The predicted molar refractivity (Wildman–Crippen MR) is 81.4 cm³/mol. The van der Waals surface area contributed by atoms with Gasteiger partial charge in [0.1, 0.15) is 5.75 Å². The van der Waals surface area contributed by atoms with Gasteiger partial charge < -0.3 is 20.5 Å². The zero-order valence-electron chi connectivity index (χ0n) is 12.8. The van der Waals surface area contributed by atoms with E-state index in [4.69, 9.17) is 4.74 Å². The highest BCUT2D eigenvalue weighted by Crippen LogP contribution is 2.38. The number of nitrogens with one attached hydrogen (secondary N) is 2. The minimum absolute atomic E-state index is 0.0129. The molecule has 3 N–H and O–H groups in total. The number of amides is 1. The summed E-state index contributed by atoms with van der Waals surface area (Å²) < 4.78 is 5.21. The molecule has 1 unspecified atom stereocenters. The Morgan fingerprint density at radius 1 is 1.45 bits per heavy atom. The monoisotopic (exact) mass is 305 g/mol. The fourth-order valence-electron chi connectivity index (χ4n) is 2.84. The third kappa shape index (κ3) is 3.75. The Hall–Kier alpha value is -1.66. The topological polar surface area (TPSA) is 83.5 Å². The number of aliphatic hydroxyl groups excluding tert-OH is 1. The van der Waals surface area contributed by atoms with Crippen molar-refractivity contribution in [3.05, 3.63) is 24.0 Å². The second kappa shape index (κ2) is 6.62. The Kier molecular flexibility index (Phi) is 4.59. The smallest absolute Gasteiger partial charge is 0.234 e. The van der Waals surface area contributed by atoms with Crippen LogP contribution in [0.15, 0.2) is 18.5 Å². The number of aromatic nitrogens is 1. The molecule has 6 heteroatoms. The van der Waals surface area contributed by atoms with Crippen molar-refractivity contribution in [3.63, 3.8) is 0 Å². The molecule has 0 spiro atoms. The SMILES string of the molecule is COc1cncc(C(NC(=O)CNC2CC2)C2CC(O)C2)c1. The third-order valence-corrected chi connectivity index (χ3v) is 4.40. The van der Waals surface area contributed by atoms with Gasteiger partial charge in [-0.3, -0.25) is 9.78 Å². The van der Waals surface area contributed by atoms with Crippen molar-refractivity contribution in [3.8, 4) is 5.75 Å². The molecule has 3 rings (SSSR count). The molecular weight excluding hydrogens is 282 g/mol. The molecule has 0 bridgehead atoms. The molecule has 1 aromatic rings. The van der Waals surface area contributed by atoms with E-state index in [1.54, 1.807) is 19.5 Å². The number of ether oxygens (including phenoxy) is 1.